The van der Waals surface area contributed by atoms with Gasteiger partial charge in [-0.25, -0.2) is 4.79 Å². The van der Waals surface area contributed by atoms with Crippen molar-refractivity contribution in [2.45, 2.75) is 94.4 Å². The zero-order valence-corrected chi connectivity index (χ0v) is 23.5. The number of ether oxygens (including phenoxy) is 3. The first-order chi connectivity index (χ1) is 18.4. The molecule has 5 N–H and O–H groups in total. The second-order valence-electron chi connectivity index (χ2n) is 12.7. The van der Waals surface area contributed by atoms with Crippen molar-refractivity contribution in [2.24, 2.45) is 22.7 Å². The molecule has 2 saturated heterocycles. The van der Waals surface area contributed by atoms with E-state index in [9.17, 15) is 30.3 Å². The maximum atomic E-state index is 12.8. The average Bonchev–Trinajstić information content (AvgIpc) is 3.58. The fourth-order valence-electron chi connectivity index (χ4n) is 7.78. The quantitative estimate of drug-likeness (QED) is 0.183. The number of aliphatic hydroxyl groups is 5. The van der Waals surface area contributed by atoms with E-state index in [1.165, 1.54) is 0 Å². The van der Waals surface area contributed by atoms with Crippen molar-refractivity contribution < 1.29 is 44.5 Å². The molecule has 39 heavy (non-hydrogen) atoms. The number of halogens is 1. The summed E-state index contributed by atoms with van der Waals surface area (Å²) in [6.07, 6.45) is 4.10. The number of hydrogen-bond acceptors (Lipinski definition) is 9. The highest BCUT2D eigenvalue weighted by atomic mass is 35.5. The van der Waals surface area contributed by atoms with Crippen LogP contribution in [0.2, 0.25) is 0 Å². The summed E-state index contributed by atoms with van der Waals surface area (Å²) in [5, 5.41) is 50.3. The first-order valence-corrected chi connectivity index (χ1v) is 14.3. The van der Waals surface area contributed by atoms with Crippen molar-refractivity contribution in [1.29, 1.82) is 0 Å². The summed E-state index contributed by atoms with van der Waals surface area (Å²) < 4.78 is 17.3. The van der Waals surface area contributed by atoms with E-state index in [0.29, 0.717) is 29.9 Å². The van der Waals surface area contributed by atoms with Crippen molar-refractivity contribution in [1.82, 2.24) is 0 Å². The number of fused-ring (bicyclic) bond motifs is 1. The highest BCUT2D eigenvalue weighted by Crippen LogP contribution is 2.65. The molecule has 3 heterocycles. The van der Waals surface area contributed by atoms with Gasteiger partial charge in [0.2, 0.25) is 0 Å². The van der Waals surface area contributed by atoms with Gasteiger partial charge in [-0.3, -0.25) is 0 Å². The van der Waals surface area contributed by atoms with Crippen molar-refractivity contribution in [3.63, 3.8) is 0 Å². The molecule has 1 spiro atoms. The summed E-state index contributed by atoms with van der Waals surface area (Å²) in [4.78, 5) is 12.8. The van der Waals surface area contributed by atoms with Crippen LogP contribution in [-0.2, 0) is 19.0 Å². The third-order valence-corrected chi connectivity index (χ3v) is 10.9. The van der Waals surface area contributed by atoms with Crippen molar-refractivity contribution in [3.8, 4) is 0 Å². The second kappa shape index (κ2) is 10.5. The molecule has 10 heteroatoms. The molecular formula is C29H41ClO9. The van der Waals surface area contributed by atoms with Crippen LogP contribution in [0.25, 0.3) is 0 Å². The van der Waals surface area contributed by atoms with Gasteiger partial charge >= 0.3 is 5.97 Å². The molecule has 0 aromatic heterocycles. The van der Waals surface area contributed by atoms with Gasteiger partial charge in [0.25, 0.3) is 0 Å². The number of esters is 1. The van der Waals surface area contributed by atoms with E-state index in [1.807, 2.05) is 6.92 Å². The maximum Gasteiger partial charge on any atom is 0.343 e. The number of carbonyl (C=O) groups is 1. The molecule has 0 amide bonds. The Hall–Kier alpha value is -1.30. The van der Waals surface area contributed by atoms with Gasteiger partial charge < -0.3 is 39.7 Å². The molecule has 1 unspecified atom stereocenters. The standard InChI is InChI=1S/C29H41ClO9/c1-15(10-18-24(34)25(35)23(30)19(12-31)38-18)17-11-16(26(36)39-17)4-5-21-27(2)8-7-22(33)28(3,13-32)20(27)6-9-29(21)14-37-29/h4-5,11,18-25,31-35H,6-10,12-14H2,1-3H3/b5-4+,17-15+/t18-,19+,20?,21-,22+,23-,24-,25-,27+,28-,29-/m0/s1. The fraction of sp³-hybridized carbons (Fsp3) is 0.759. The summed E-state index contributed by atoms with van der Waals surface area (Å²) in [5.74, 6) is -0.00577. The number of allylic oxidation sites excluding steroid dienone is 1. The summed E-state index contributed by atoms with van der Waals surface area (Å²) in [6.45, 7) is 6.15. The zero-order chi connectivity index (χ0) is 28.3. The van der Waals surface area contributed by atoms with Crippen LogP contribution in [0.1, 0.15) is 52.9 Å². The Morgan fingerprint density at radius 1 is 1.13 bits per heavy atom. The molecule has 9 nitrogen and oxygen atoms in total. The Morgan fingerprint density at radius 3 is 2.49 bits per heavy atom. The highest BCUT2D eigenvalue weighted by Gasteiger charge is 2.66. The van der Waals surface area contributed by atoms with Crippen LogP contribution in [0.5, 0.6) is 0 Å². The van der Waals surface area contributed by atoms with Gasteiger partial charge in [0.05, 0.1) is 54.7 Å². The van der Waals surface area contributed by atoms with E-state index < -0.39 is 53.9 Å². The van der Waals surface area contributed by atoms with Crippen LogP contribution in [-0.4, -0.2) is 92.8 Å². The molecule has 0 aromatic rings. The molecule has 0 bridgehead atoms. The van der Waals surface area contributed by atoms with Crippen molar-refractivity contribution in [2.75, 3.05) is 19.8 Å². The van der Waals surface area contributed by atoms with E-state index in [2.05, 4.69) is 13.0 Å². The second-order valence-corrected chi connectivity index (χ2v) is 13.2. The Labute approximate surface area is 234 Å². The van der Waals surface area contributed by atoms with Gasteiger partial charge in [-0.05, 0) is 55.6 Å². The van der Waals surface area contributed by atoms with E-state index in [0.717, 1.165) is 19.3 Å². The lowest BCUT2D eigenvalue weighted by Crippen LogP contribution is -2.60. The Morgan fingerprint density at radius 2 is 1.85 bits per heavy atom. The number of aliphatic hydroxyl groups excluding tert-OH is 5. The van der Waals surface area contributed by atoms with Gasteiger partial charge in [0.1, 0.15) is 18.0 Å². The Balaban J connectivity index is 1.36. The maximum absolute atomic E-state index is 12.8. The first-order valence-electron chi connectivity index (χ1n) is 13.9. The predicted octanol–water partition coefficient (Wildman–Crippen LogP) is 1.73. The molecule has 2 aliphatic carbocycles. The highest BCUT2D eigenvalue weighted by molar-refractivity contribution is 6.21. The number of cyclic esters (lactones) is 1. The molecule has 218 valence electrons. The minimum absolute atomic E-state index is 0.0103. The first kappa shape index (κ1) is 29.2. The zero-order valence-electron chi connectivity index (χ0n) is 22.8. The van der Waals surface area contributed by atoms with E-state index in [-0.39, 0.29) is 35.9 Å². The summed E-state index contributed by atoms with van der Waals surface area (Å²) in [5.41, 5.74) is -0.0355. The fourth-order valence-corrected chi connectivity index (χ4v) is 8.07. The summed E-state index contributed by atoms with van der Waals surface area (Å²) >= 11 is 6.07. The molecule has 5 rings (SSSR count). The van der Waals surface area contributed by atoms with Crippen molar-refractivity contribution >= 4 is 17.6 Å². The molecule has 0 radical (unpaired) electrons. The normalized spacial score (nSPS) is 49.2. The third-order valence-electron chi connectivity index (χ3n) is 10.4. The van der Waals surface area contributed by atoms with Gasteiger partial charge in [-0.1, -0.05) is 26.0 Å². The minimum atomic E-state index is -1.26. The monoisotopic (exact) mass is 568 g/mol. The minimum Gasteiger partial charge on any atom is -0.423 e. The van der Waals surface area contributed by atoms with Crippen LogP contribution >= 0.6 is 11.6 Å². The molecule has 5 aliphatic rings. The van der Waals surface area contributed by atoms with Crippen LogP contribution in [0.15, 0.2) is 35.1 Å². The number of hydrogen-bond donors (Lipinski definition) is 5. The van der Waals surface area contributed by atoms with Gasteiger partial charge in [0.15, 0.2) is 0 Å². The molecule has 2 saturated carbocycles. The van der Waals surface area contributed by atoms with Crippen LogP contribution < -0.4 is 0 Å². The Kier molecular flexibility index (Phi) is 7.87. The number of carbonyl (C=O) groups excluding carboxylic acids is 1. The van der Waals surface area contributed by atoms with Crippen LogP contribution in [0.4, 0.5) is 0 Å². The van der Waals surface area contributed by atoms with Gasteiger partial charge in [-0.2, -0.15) is 0 Å². The lowest BCUT2D eigenvalue weighted by Gasteiger charge is -2.60. The third kappa shape index (κ3) is 4.83. The number of rotatable bonds is 6. The average molecular weight is 569 g/mol. The smallest absolute Gasteiger partial charge is 0.343 e. The molecule has 4 fully saturated rings. The van der Waals surface area contributed by atoms with Crippen LogP contribution in [0.3, 0.4) is 0 Å². The predicted molar refractivity (Wildman–Crippen MR) is 141 cm³/mol. The van der Waals surface area contributed by atoms with E-state index >= 15 is 0 Å². The molecule has 11 atom stereocenters. The molecule has 0 aromatic carbocycles. The SMILES string of the molecule is C/C(C[C@@H]1O[C@H](CO)[C@H](Cl)[C@H](O)[C@H]1O)=C1C=C(/C=C/[C@@H]2[C@]3(CCC4[C@](C)(CO)[C@H](O)CC[C@]42C)CO3)C(=O)O/1. The summed E-state index contributed by atoms with van der Waals surface area (Å²) in [6, 6.07) is 0. The van der Waals surface area contributed by atoms with E-state index in [4.69, 9.17) is 25.8 Å². The number of alkyl halides is 1. The molecular weight excluding hydrogens is 528 g/mol. The summed E-state index contributed by atoms with van der Waals surface area (Å²) in [7, 11) is 0. The Bertz CT molecular complexity index is 1060. The lowest BCUT2D eigenvalue weighted by atomic mass is 9.45. The topological polar surface area (TPSA) is 149 Å². The lowest BCUT2D eigenvalue weighted by molar-refractivity contribution is -0.173. The number of epoxide rings is 1. The van der Waals surface area contributed by atoms with Gasteiger partial charge in [0, 0.05) is 17.8 Å². The largest absolute Gasteiger partial charge is 0.423 e. The van der Waals surface area contributed by atoms with Gasteiger partial charge in [-0.15, -0.1) is 11.6 Å². The van der Waals surface area contributed by atoms with Crippen molar-refractivity contribution in [3.05, 3.63) is 35.1 Å². The van der Waals surface area contributed by atoms with E-state index in [1.54, 1.807) is 19.1 Å². The molecule has 3 aliphatic heterocycles. The van der Waals surface area contributed by atoms with Crippen LogP contribution in [0, 0.1) is 22.7 Å².